The van der Waals surface area contributed by atoms with Crippen molar-refractivity contribution >= 4 is 11.9 Å². The normalized spacial score (nSPS) is 15.2. The molecule has 0 aromatic heterocycles. The van der Waals surface area contributed by atoms with Crippen LogP contribution >= 0.6 is 0 Å². The van der Waals surface area contributed by atoms with E-state index in [1.54, 1.807) is 24.3 Å². The summed E-state index contributed by atoms with van der Waals surface area (Å²) in [6, 6.07) is 13.0. The maximum Gasteiger partial charge on any atom is 0.335 e. The number of benzene rings is 2. The standard InChI is InChI=1S/C20H20FNO3/c21-16-7-3-6-15(13-16)20(11-4-12-20)22-18(23)10-9-14-5-1-2-8-17(14)19(24)25/h1-3,5-8,13H,4,9-12H2,(H,22,23)(H,24,25). The van der Waals surface area contributed by atoms with E-state index in [1.807, 2.05) is 6.07 Å². The van der Waals surface area contributed by atoms with Gasteiger partial charge in [0.15, 0.2) is 0 Å². The minimum Gasteiger partial charge on any atom is -0.478 e. The first-order valence-corrected chi connectivity index (χ1v) is 8.38. The van der Waals surface area contributed by atoms with Gasteiger partial charge >= 0.3 is 5.97 Å². The number of amides is 1. The van der Waals surface area contributed by atoms with Gasteiger partial charge < -0.3 is 10.4 Å². The number of carbonyl (C=O) groups is 2. The lowest BCUT2D eigenvalue weighted by Crippen LogP contribution is -2.50. The van der Waals surface area contributed by atoms with E-state index in [-0.39, 0.29) is 23.7 Å². The molecule has 0 spiro atoms. The van der Waals surface area contributed by atoms with Gasteiger partial charge in [-0.3, -0.25) is 4.79 Å². The van der Waals surface area contributed by atoms with E-state index in [4.69, 9.17) is 0 Å². The Morgan fingerprint density at radius 3 is 2.52 bits per heavy atom. The van der Waals surface area contributed by atoms with E-state index in [0.717, 1.165) is 24.8 Å². The van der Waals surface area contributed by atoms with E-state index in [1.165, 1.54) is 18.2 Å². The minimum absolute atomic E-state index is 0.149. The predicted molar refractivity (Wildman–Crippen MR) is 91.8 cm³/mol. The van der Waals surface area contributed by atoms with Crippen molar-refractivity contribution in [3.8, 4) is 0 Å². The summed E-state index contributed by atoms with van der Waals surface area (Å²) >= 11 is 0. The van der Waals surface area contributed by atoms with Crippen LogP contribution in [-0.4, -0.2) is 17.0 Å². The molecule has 1 amide bonds. The molecule has 0 bridgehead atoms. The first-order chi connectivity index (χ1) is 12.0. The zero-order chi connectivity index (χ0) is 17.9. The van der Waals surface area contributed by atoms with Gasteiger partial charge in [0.1, 0.15) is 5.82 Å². The van der Waals surface area contributed by atoms with Crippen molar-refractivity contribution in [1.29, 1.82) is 0 Å². The van der Waals surface area contributed by atoms with Gasteiger partial charge in [-0.15, -0.1) is 0 Å². The van der Waals surface area contributed by atoms with Gasteiger partial charge in [0, 0.05) is 6.42 Å². The molecule has 1 aliphatic rings. The fraction of sp³-hybridized carbons (Fsp3) is 0.300. The lowest BCUT2D eigenvalue weighted by Gasteiger charge is -2.43. The second kappa shape index (κ2) is 7.05. The first-order valence-electron chi connectivity index (χ1n) is 8.38. The summed E-state index contributed by atoms with van der Waals surface area (Å²) in [7, 11) is 0. The van der Waals surface area contributed by atoms with Crippen molar-refractivity contribution in [1.82, 2.24) is 5.32 Å². The van der Waals surface area contributed by atoms with Crippen molar-refractivity contribution in [2.45, 2.75) is 37.6 Å². The Hall–Kier alpha value is -2.69. The van der Waals surface area contributed by atoms with Crippen LogP contribution in [0.4, 0.5) is 4.39 Å². The number of carbonyl (C=O) groups excluding carboxylic acids is 1. The zero-order valence-corrected chi connectivity index (χ0v) is 13.8. The van der Waals surface area contributed by atoms with E-state index in [9.17, 15) is 19.1 Å². The monoisotopic (exact) mass is 341 g/mol. The fourth-order valence-electron chi connectivity index (χ4n) is 3.33. The van der Waals surface area contributed by atoms with Gasteiger partial charge in [-0.2, -0.15) is 0 Å². The summed E-state index contributed by atoms with van der Waals surface area (Å²) in [5, 5.41) is 12.2. The second-order valence-corrected chi connectivity index (χ2v) is 6.46. The van der Waals surface area contributed by atoms with Crippen molar-refractivity contribution in [3.05, 3.63) is 71.0 Å². The van der Waals surface area contributed by atoms with E-state index < -0.39 is 11.5 Å². The van der Waals surface area contributed by atoms with Gasteiger partial charge in [-0.05, 0) is 55.0 Å². The molecule has 2 aromatic carbocycles. The van der Waals surface area contributed by atoms with Crippen molar-refractivity contribution in [2.75, 3.05) is 0 Å². The SMILES string of the molecule is O=C(CCc1ccccc1C(=O)O)NC1(c2cccc(F)c2)CCC1. The number of aromatic carboxylic acids is 1. The quantitative estimate of drug-likeness (QED) is 0.843. The highest BCUT2D eigenvalue weighted by Gasteiger charge is 2.40. The molecule has 1 saturated carbocycles. The van der Waals surface area contributed by atoms with Gasteiger partial charge in [0.05, 0.1) is 11.1 Å². The van der Waals surface area contributed by atoms with Crippen molar-refractivity contribution < 1.29 is 19.1 Å². The summed E-state index contributed by atoms with van der Waals surface area (Å²) in [5.41, 5.74) is 1.15. The fourth-order valence-corrected chi connectivity index (χ4v) is 3.33. The topological polar surface area (TPSA) is 66.4 Å². The molecule has 0 atom stereocenters. The van der Waals surface area contributed by atoms with Crippen LogP contribution in [0.5, 0.6) is 0 Å². The van der Waals surface area contributed by atoms with Crippen LogP contribution in [0, 0.1) is 5.82 Å². The zero-order valence-electron chi connectivity index (χ0n) is 13.8. The summed E-state index contributed by atoms with van der Waals surface area (Å²) in [4.78, 5) is 23.6. The third kappa shape index (κ3) is 3.71. The molecule has 0 saturated heterocycles. The van der Waals surface area contributed by atoms with E-state index >= 15 is 0 Å². The molecule has 2 N–H and O–H groups in total. The van der Waals surface area contributed by atoms with Gasteiger partial charge in [0.2, 0.25) is 5.91 Å². The number of halogens is 1. The molecule has 0 heterocycles. The van der Waals surface area contributed by atoms with Crippen LogP contribution in [0.1, 0.15) is 47.2 Å². The highest BCUT2D eigenvalue weighted by molar-refractivity contribution is 5.89. The minimum atomic E-state index is -0.994. The summed E-state index contributed by atoms with van der Waals surface area (Å²) < 4.78 is 13.5. The molecule has 1 fully saturated rings. The van der Waals surface area contributed by atoms with Crippen LogP contribution in [0.2, 0.25) is 0 Å². The molecule has 25 heavy (non-hydrogen) atoms. The Labute approximate surface area is 145 Å². The lowest BCUT2D eigenvalue weighted by atomic mass is 9.71. The van der Waals surface area contributed by atoms with Crippen LogP contribution < -0.4 is 5.32 Å². The number of hydrogen-bond acceptors (Lipinski definition) is 2. The van der Waals surface area contributed by atoms with Crippen molar-refractivity contribution in [2.24, 2.45) is 0 Å². The highest BCUT2D eigenvalue weighted by atomic mass is 19.1. The molecule has 0 unspecified atom stereocenters. The van der Waals surface area contributed by atoms with Crippen molar-refractivity contribution in [3.63, 3.8) is 0 Å². The number of carboxylic acid groups (broad SMARTS) is 1. The first kappa shape index (κ1) is 17.1. The number of hydrogen-bond donors (Lipinski definition) is 2. The van der Waals surface area contributed by atoms with Gasteiger partial charge in [0.25, 0.3) is 0 Å². The van der Waals surface area contributed by atoms with Crippen LogP contribution in [0.25, 0.3) is 0 Å². The second-order valence-electron chi connectivity index (χ2n) is 6.46. The molecule has 2 aromatic rings. The lowest BCUT2D eigenvalue weighted by molar-refractivity contribution is -0.124. The van der Waals surface area contributed by atoms with E-state index in [0.29, 0.717) is 12.0 Å². The predicted octanol–water partition coefficient (Wildman–Crippen LogP) is 3.65. The molecule has 0 aliphatic heterocycles. The molecule has 0 radical (unpaired) electrons. The Kier molecular flexibility index (Phi) is 4.83. The Morgan fingerprint density at radius 1 is 1.12 bits per heavy atom. The Bertz CT molecular complexity index is 799. The van der Waals surface area contributed by atoms with Crippen LogP contribution in [0.3, 0.4) is 0 Å². The summed E-state index contributed by atoms with van der Waals surface area (Å²) in [6.45, 7) is 0. The molecule has 3 rings (SSSR count). The summed E-state index contributed by atoms with van der Waals surface area (Å²) in [5.74, 6) is -1.45. The number of rotatable bonds is 6. The van der Waals surface area contributed by atoms with Crippen LogP contribution in [0.15, 0.2) is 48.5 Å². The largest absolute Gasteiger partial charge is 0.478 e. The third-order valence-corrected chi connectivity index (χ3v) is 4.83. The average Bonchev–Trinajstić information content (AvgIpc) is 2.56. The smallest absolute Gasteiger partial charge is 0.335 e. The van der Waals surface area contributed by atoms with E-state index in [2.05, 4.69) is 5.32 Å². The molecule has 130 valence electrons. The third-order valence-electron chi connectivity index (χ3n) is 4.83. The summed E-state index contributed by atoms with van der Waals surface area (Å²) in [6.07, 6.45) is 3.11. The number of aryl methyl sites for hydroxylation is 1. The van der Waals surface area contributed by atoms with Gasteiger partial charge in [-0.1, -0.05) is 30.3 Å². The van der Waals surface area contributed by atoms with Crippen LogP contribution in [-0.2, 0) is 16.8 Å². The highest BCUT2D eigenvalue weighted by Crippen LogP contribution is 2.41. The maximum absolute atomic E-state index is 13.5. The molecule has 5 heteroatoms. The van der Waals surface area contributed by atoms with Gasteiger partial charge in [-0.25, -0.2) is 9.18 Å². The Balaban J connectivity index is 1.67. The number of nitrogens with one attached hydrogen (secondary N) is 1. The number of carboxylic acids is 1. The molecule has 1 aliphatic carbocycles. The average molecular weight is 341 g/mol. The Morgan fingerprint density at radius 2 is 1.88 bits per heavy atom. The maximum atomic E-state index is 13.5. The molecular weight excluding hydrogens is 321 g/mol. The molecular formula is C20H20FNO3. The molecule has 4 nitrogen and oxygen atoms in total.